The summed E-state index contributed by atoms with van der Waals surface area (Å²) >= 11 is 3.26. The molecule has 1 aliphatic carbocycles. The van der Waals surface area contributed by atoms with E-state index in [1.807, 2.05) is 18.7 Å². The second-order valence-corrected chi connectivity index (χ2v) is 9.14. The second kappa shape index (κ2) is 5.99. The zero-order chi connectivity index (χ0) is 17.8. The highest BCUT2D eigenvalue weighted by molar-refractivity contribution is 7.13. The highest BCUT2D eigenvalue weighted by Gasteiger charge is 2.29. The Hall–Kier alpha value is -2.05. The normalized spacial score (nSPS) is 16.2. The predicted octanol–water partition coefficient (Wildman–Crippen LogP) is 4.96. The molecule has 0 saturated heterocycles. The van der Waals surface area contributed by atoms with Gasteiger partial charge < -0.3 is 4.90 Å². The van der Waals surface area contributed by atoms with Gasteiger partial charge in [0.15, 0.2) is 0 Å². The van der Waals surface area contributed by atoms with Crippen molar-refractivity contribution >= 4 is 34.3 Å². The number of rotatable bonds is 3. The van der Waals surface area contributed by atoms with E-state index in [0.717, 1.165) is 45.5 Å². The Morgan fingerprint density at radius 2 is 2.08 bits per heavy atom. The van der Waals surface area contributed by atoms with E-state index < -0.39 is 0 Å². The molecule has 0 atom stereocenters. The van der Waals surface area contributed by atoms with Gasteiger partial charge in [0.1, 0.15) is 4.88 Å². The molecule has 1 fully saturated rings. The highest BCUT2D eigenvalue weighted by Crippen LogP contribution is 2.43. The van der Waals surface area contributed by atoms with Crippen molar-refractivity contribution in [2.45, 2.75) is 39.0 Å². The van der Waals surface area contributed by atoms with Gasteiger partial charge in [-0.1, -0.05) is 6.07 Å². The molecule has 1 amide bonds. The average Bonchev–Trinajstić information content (AvgIpc) is 3.06. The third-order valence-corrected chi connectivity index (χ3v) is 7.13. The van der Waals surface area contributed by atoms with Gasteiger partial charge in [0.05, 0.1) is 21.4 Å². The molecule has 5 rings (SSSR count). The Kier molecular flexibility index (Phi) is 3.72. The third kappa shape index (κ3) is 2.68. The van der Waals surface area contributed by atoms with E-state index in [2.05, 4.69) is 28.6 Å². The SMILES string of the molecule is Cc1nc(C)c(C(=O)N2CCc3cc(-c4csc(C5CC5)n4)ccc32)s1. The maximum Gasteiger partial charge on any atom is 0.270 e. The van der Waals surface area contributed by atoms with Crippen LogP contribution < -0.4 is 4.90 Å². The van der Waals surface area contributed by atoms with Crippen LogP contribution in [-0.4, -0.2) is 22.4 Å². The Balaban J connectivity index is 1.44. The molecule has 0 radical (unpaired) electrons. The van der Waals surface area contributed by atoms with Crippen molar-refractivity contribution in [1.82, 2.24) is 9.97 Å². The number of amides is 1. The molecule has 2 aromatic heterocycles. The molecule has 1 saturated carbocycles. The van der Waals surface area contributed by atoms with Crippen LogP contribution in [0.2, 0.25) is 0 Å². The molecular formula is C20H19N3OS2. The second-order valence-electron chi connectivity index (χ2n) is 7.04. The largest absolute Gasteiger partial charge is 0.307 e. The summed E-state index contributed by atoms with van der Waals surface area (Å²) in [7, 11) is 0. The van der Waals surface area contributed by atoms with Crippen LogP contribution in [0.5, 0.6) is 0 Å². The molecule has 4 nitrogen and oxygen atoms in total. The lowest BCUT2D eigenvalue weighted by atomic mass is 10.1. The zero-order valence-corrected chi connectivity index (χ0v) is 16.4. The summed E-state index contributed by atoms with van der Waals surface area (Å²) in [5.41, 5.74) is 5.32. The standard InChI is InChI=1S/C20H19N3OS2/c1-11-18(26-12(2)21-11)20(24)23-8-7-15-9-14(5-6-17(15)23)16-10-25-19(22-16)13-3-4-13/h5-6,9-10,13H,3-4,7-8H2,1-2H3. The van der Waals surface area contributed by atoms with E-state index >= 15 is 0 Å². The van der Waals surface area contributed by atoms with Gasteiger partial charge in [-0.05, 0) is 50.8 Å². The van der Waals surface area contributed by atoms with Crippen molar-refractivity contribution in [2.75, 3.05) is 11.4 Å². The monoisotopic (exact) mass is 381 g/mol. The molecule has 3 aromatic rings. The van der Waals surface area contributed by atoms with Crippen molar-refractivity contribution in [1.29, 1.82) is 0 Å². The van der Waals surface area contributed by atoms with Crippen LogP contribution in [0.15, 0.2) is 23.6 Å². The Bertz CT molecular complexity index is 1020. The number of thiazole rings is 2. The molecule has 0 bridgehead atoms. The first kappa shape index (κ1) is 16.1. The van der Waals surface area contributed by atoms with Crippen molar-refractivity contribution in [3.8, 4) is 11.3 Å². The summed E-state index contributed by atoms with van der Waals surface area (Å²) in [5.74, 6) is 0.770. The molecule has 0 N–H and O–H groups in total. The van der Waals surface area contributed by atoms with Crippen LogP contribution in [-0.2, 0) is 6.42 Å². The van der Waals surface area contributed by atoms with Crippen molar-refractivity contribution in [2.24, 2.45) is 0 Å². The number of nitrogens with zero attached hydrogens (tertiary/aromatic N) is 3. The first-order valence-electron chi connectivity index (χ1n) is 8.95. The lowest BCUT2D eigenvalue weighted by Gasteiger charge is -2.16. The maximum absolute atomic E-state index is 13.0. The molecule has 132 valence electrons. The number of carbonyl (C=O) groups is 1. The Labute approximate surface area is 160 Å². The van der Waals surface area contributed by atoms with E-state index in [9.17, 15) is 4.79 Å². The minimum atomic E-state index is 0.0734. The fourth-order valence-corrected chi connectivity index (χ4v) is 5.43. The molecule has 6 heteroatoms. The van der Waals surface area contributed by atoms with Crippen LogP contribution >= 0.6 is 22.7 Å². The molecule has 1 aromatic carbocycles. The summed E-state index contributed by atoms with van der Waals surface area (Å²) in [6.45, 7) is 4.59. The predicted molar refractivity (Wildman–Crippen MR) is 106 cm³/mol. The molecule has 2 aliphatic rings. The number of fused-ring (bicyclic) bond motifs is 1. The fraction of sp³-hybridized carbons (Fsp3) is 0.350. The lowest BCUT2D eigenvalue weighted by Crippen LogP contribution is -2.28. The third-order valence-electron chi connectivity index (χ3n) is 5.06. The summed E-state index contributed by atoms with van der Waals surface area (Å²) in [6.07, 6.45) is 3.46. The van der Waals surface area contributed by atoms with E-state index in [-0.39, 0.29) is 5.91 Å². The van der Waals surface area contributed by atoms with Crippen LogP contribution in [0.4, 0.5) is 5.69 Å². The number of hydrogen-bond acceptors (Lipinski definition) is 5. The minimum Gasteiger partial charge on any atom is -0.307 e. The van der Waals surface area contributed by atoms with Crippen molar-refractivity contribution < 1.29 is 4.79 Å². The van der Waals surface area contributed by atoms with Crippen LogP contribution in [0.3, 0.4) is 0 Å². The number of carbonyl (C=O) groups excluding carboxylic acids is 1. The van der Waals surface area contributed by atoms with Gasteiger partial charge in [-0.2, -0.15) is 0 Å². The van der Waals surface area contributed by atoms with Gasteiger partial charge in [-0.15, -0.1) is 22.7 Å². The number of benzene rings is 1. The molecule has 0 unspecified atom stereocenters. The lowest BCUT2D eigenvalue weighted by molar-refractivity contribution is 0.0992. The van der Waals surface area contributed by atoms with E-state index in [1.165, 1.54) is 34.7 Å². The van der Waals surface area contributed by atoms with Crippen molar-refractivity contribution in [3.05, 3.63) is 49.7 Å². The topological polar surface area (TPSA) is 46.1 Å². The van der Waals surface area contributed by atoms with Gasteiger partial charge >= 0.3 is 0 Å². The Morgan fingerprint density at radius 1 is 1.23 bits per heavy atom. The van der Waals surface area contributed by atoms with E-state index in [0.29, 0.717) is 5.92 Å². The number of aryl methyl sites for hydroxylation is 2. The summed E-state index contributed by atoms with van der Waals surface area (Å²) < 4.78 is 0. The van der Waals surface area contributed by atoms with Gasteiger partial charge in [-0.3, -0.25) is 4.79 Å². The molecular weight excluding hydrogens is 362 g/mol. The summed E-state index contributed by atoms with van der Waals surface area (Å²) in [6, 6.07) is 6.38. The zero-order valence-electron chi connectivity index (χ0n) is 14.8. The first-order chi connectivity index (χ1) is 12.6. The van der Waals surface area contributed by atoms with Gasteiger partial charge in [-0.25, -0.2) is 9.97 Å². The fourth-order valence-electron chi connectivity index (χ4n) is 3.56. The summed E-state index contributed by atoms with van der Waals surface area (Å²) in [5, 5.41) is 4.38. The van der Waals surface area contributed by atoms with E-state index in [4.69, 9.17) is 4.98 Å². The smallest absolute Gasteiger partial charge is 0.270 e. The van der Waals surface area contributed by atoms with Crippen LogP contribution in [0.25, 0.3) is 11.3 Å². The van der Waals surface area contributed by atoms with Gasteiger partial charge in [0.2, 0.25) is 0 Å². The average molecular weight is 382 g/mol. The number of hydrogen-bond donors (Lipinski definition) is 0. The number of aromatic nitrogens is 2. The van der Waals surface area contributed by atoms with Crippen LogP contribution in [0.1, 0.15) is 49.7 Å². The van der Waals surface area contributed by atoms with Crippen molar-refractivity contribution in [3.63, 3.8) is 0 Å². The summed E-state index contributed by atoms with van der Waals surface area (Å²) in [4.78, 5) is 24.8. The highest BCUT2D eigenvalue weighted by atomic mass is 32.1. The molecule has 1 aliphatic heterocycles. The van der Waals surface area contributed by atoms with Crippen LogP contribution in [0, 0.1) is 13.8 Å². The van der Waals surface area contributed by atoms with Gasteiger partial charge in [0.25, 0.3) is 5.91 Å². The molecule has 0 spiro atoms. The van der Waals surface area contributed by atoms with E-state index in [1.54, 1.807) is 11.3 Å². The Morgan fingerprint density at radius 3 is 2.81 bits per heavy atom. The quantitative estimate of drug-likeness (QED) is 0.644. The molecule has 3 heterocycles. The minimum absolute atomic E-state index is 0.0734. The maximum atomic E-state index is 13.0. The number of anilines is 1. The van der Waals surface area contributed by atoms with Gasteiger partial charge in [0, 0.05) is 29.1 Å². The first-order valence-corrected chi connectivity index (χ1v) is 10.6. The molecule has 26 heavy (non-hydrogen) atoms.